The maximum atomic E-state index is 13.9. The highest BCUT2D eigenvalue weighted by molar-refractivity contribution is 7.89. The van der Waals surface area contributed by atoms with Gasteiger partial charge in [0.25, 0.3) is 11.6 Å². The first-order valence-electron chi connectivity index (χ1n) is 8.19. The van der Waals surface area contributed by atoms with Crippen LogP contribution in [0, 0.1) is 21.7 Å². The molecule has 148 valence electrons. The van der Waals surface area contributed by atoms with E-state index in [1.165, 1.54) is 23.1 Å². The zero-order valence-electron chi connectivity index (χ0n) is 14.4. The third kappa shape index (κ3) is 3.85. The zero-order valence-corrected chi connectivity index (χ0v) is 15.2. The number of non-ortho nitro benzene ring substituents is 1. The molecule has 8 nitrogen and oxygen atoms in total. The molecule has 1 heterocycles. The monoisotopic (exact) mass is 411 g/mol. The number of sulfonamides is 1. The number of benzene rings is 2. The van der Waals surface area contributed by atoms with Gasteiger partial charge in [0.05, 0.1) is 4.92 Å². The molecule has 0 N–H and O–H groups in total. The van der Waals surface area contributed by atoms with Crippen molar-refractivity contribution >= 4 is 21.6 Å². The van der Waals surface area contributed by atoms with Crippen LogP contribution in [0.3, 0.4) is 0 Å². The second kappa shape index (κ2) is 7.60. The number of carbonyl (C=O) groups is 1. The number of amides is 1. The van der Waals surface area contributed by atoms with Crippen molar-refractivity contribution in [3.8, 4) is 0 Å². The minimum atomic E-state index is -4.18. The number of nitrogens with zero attached hydrogens (tertiary/aromatic N) is 3. The van der Waals surface area contributed by atoms with E-state index in [-0.39, 0.29) is 37.4 Å². The summed E-state index contributed by atoms with van der Waals surface area (Å²) in [6, 6.07) is 7.46. The van der Waals surface area contributed by atoms with Crippen molar-refractivity contribution in [3.63, 3.8) is 0 Å². The first kappa shape index (κ1) is 19.8. The molecule has 2 aromatic rings. The van der Waals surface area contributed by atoms with E-state index in [0.29, 0.717) is 6.07 Å². The Morgan fingerprint density at radius 2 is 1.71 bits per heavy atom. The molecule has 1 amide bonds. The quantitative estimate of drug-likeness (QED) is 0.566. The van der Waals surface area contributed by atoms with Gasteiger partial charge in [-0.2, -0.15) is 4.31 Å². The maximum absolute atomic E-state index is 13.9. The molecule has 0 aromatic heterocycles. The van der Waals surface area contributed by atoms with E-state index in [4.69, 9.17) is 0 Å². The Balaban J connectivity index is 1.72. The molecular weight excluding hydrogens is 396 g/mol. The van der Waals surface area contributed by atoms with Gasteiger partial charge in [0.15, 0.2) is 0 Å². The molecule has 3 rings (SSSR count). The molecule has 0 radical (unpaired) electrons. The summed E-state index contributed by atoms with van der Waals surface area (Å²) < 4.78 is 53.0. The lowest BCUT2D eigenvalue weighted by atomic mass is 10.1. The van der Waals surface area contributed by atoms with E-state index in [1.807, 2.05) is 0 Å². The second-order valence-electron chi connectivity index (χ2n) is 6.08. The minimum absolute atomic E-state index is 0.0313. The van der Waals surface area contributed by atoms with Crippen LogP contribution in [0.1, 0.15) is 10.4 Å². The lowest BCUT2D eigenvalue weighted by molar-refractivity contribution is -0.384. The SMILES string of the molecule is O=C(c1cccc([N+](=O)[O-])c1)N1CCN(S(=O)(=O)c2ccc(F)cc2F)CC1. The number of piperazine rings is 1. The number of rotatable bonds is 4. The fourth-order valence-electron chi connectivity index (χ4n) is 2.89. The van der Waals surface area contributed by atoms with Crippen LogP contribution in [-0.2, 0) is 10.0 Å². The van der Waals surface area contributed by atoms with Crippen LogP contribution >= 0.6 is 0 Å². The van der Waals surface area contributed by atoms with E-state index in [0.717, 1.165) is 22.5 Å². The first-order valence-corrected chi connectivity index (χ1v) is 9.63. The summed E-state index contributed by atoms with van der Waals surface area (Å²) in [5.74, 6) is -2.53. The Morgan fingerprint density at radius 1 is 1.04 bits per heavy atom. The van der Waals surface area contributed by atoms with Crippen molar-refractivity contribution in [2.75, 3.05) is 26.2 Å². The fourth-order valence-corrected chi connectivity index (χ4v) is 4.36. The van der Waals surface area contributed by atoms with Gasteiger partial charge in [-0.1, -0.05) is 6.07 Å². The van der Waals surface area contributed by atoms with Crippen LogP contribution in [0.4, 0.5) is 14.5 Å². The fraction of sp³-hybridized carbons (Fsp3) is 0.235. The van der Waals surface area contributed by atoms with E-state index >= 15 is 0 Å². The molecule has 0 atom stereocenters. The summed E-state index contributed by atoms with van der Waals surface area (Å²) in [7, 11) is -4.18. The highest BCUT2D eigenvalue weighted by atomic mass is 32.2. The minimum Gasteiger partial charge on any atom is -0.336 e. The first-order chi connectivity index (χ1) is 13.2. The average molecular weight is 411 g/mol. The van der Waals surface area contributed by atoms with Crippen LogP contribution < -0.4 is 0 Å². The Hall–Kier alpha value is -2.92. The van der Waals surface area contributed by atoms with E-state index in [1.54, 1.807) is 0 Å². The number of carbonyl (C=O) groups excluding carboxylic acids is 1. The number of hydrogen-bond acceptors (Lipinski definition) is 5. The van der Waals surface area contributed by atoms with Gasteiger partial charge in [-0.15, -0.1) is 0 Å². The van der Waals surface area contributed by atoms with Gasteiger partial charge in [-0.3, -0.25) is 14.9 Å². The normalized spacial score (nSPS) is 15.4. The van der Waals surface area contributed by atoms with E-state index in [2.05, 4.69) is 0 Å². The molecule has 0 aliphatic carbocycles. The van der Waals surface area contributed by atoms with Crippen molar-refractivity contribution in [1.82, 2.24) is 9.21 Å². The van der Waals surface area contributed by atoms with Gasteiger partial charge in [-0.25, -0.2) is 17.2 Å². The lowest BCUT2D eigenvalue weighted by Gasteiger charge is -2.34. The summed E-state index contributed by atoms with van der Waals surface area (Å²) in [5, 5.41) is 10.8. The number of hydrogen-bond donors (Lipinski definition) is 0. The number of nitro groups is 1. The molecule has 1 fully saturated rings. The molecule has 1 aliphatic heterocycles. The summed E-state index contributed by atoms with van der Waals surface area (Å²) >= 11 is 0. The van der Waals surface area contributed by atoms with Crippen molar-refractivity contribution in [1.29, 1.82) is 0 Å². The average Bonchev–Trinajstić information content (AvgIpc) is 2.67. The van der Waals surface area contributed by atoms with Gasteiger partial charge in [0, 0.05) is 49.9 Å². The molecule has 2 aromatic carbocycles. The Labute approximate surface area is 159 Å². The Bertz CT molecular complexity index is 1040. The van der Waals surface area contributed by atoms with Gasteiger partial charge < -0.3 is 4.90 Å². The smallest absolute Gasteiger partial charge is 0.270 e. The highest BCUT2D eigenvalue weighted by Gasteiger charge is 2.32. The van der Waals surface area contributed by atoms with Crippen molar-refractivity contribution < 1.29 is 26.9 Å². The standard InChI is InChI=1S/C17H15F2N3O5S/c18-13-4-5-16(15(19)11-13)28(26,27)21-8-6-20(7-9-21)17(23)12-2-1-3-14(10-12)22(24)25/h1-5,10-11H,6-9H2. The molecule has 28 heavy (non-hydrogen) atoms. The summed E-state index contributed by atoms with van der Waals surface area (Å²) in [6.45, 7) is -0.104. The summed E-state index contributed by atoms with van der Waals surface area (Å²) in [6.07, 6.45) is 0. The Kier molecular flexibility index (Phi) is 5.38. The van der Waals surface area contributed by atoms with E-state index < -0.39 is 37.4 Å². The van der Waals surface area contributed by atoms with Gasteiger partial charge in [-0.05, 0) is 18.2 Å². The Morgan fingerprint density at radius 3 is 2.32 bits per heavy atom. The summed E-state index contributed by atoms with van der Waals surface area (Å²) in [4.78, 5) is 23.5. The molecular formula is C17H15F2N3O5S. The van der Waals surface area contributed by atoms with Gasteiger partial charge in [0.2, 0.25) is 10.0 Å². The van der Waals surface area contributed by atoms with Crippen LogP contribution in [0.15, 0.2) is 47.4 Å². The number of halogens is 2. The van der Waals surface area contributed by atoms with E-state index in [9.17, 15) is 32.1 Å². The number of nitro benzene ring substituents is 1. The zero-order chi connectivity index (χ0) is 20.5. The molecule has 0 saturated carbocycles. The van der Waals surface area contributed by atoms with Crippen LogP contribution in [-0.4, -0.2) is 54.6 Å². The molecule has 0 bridgehead atoms. The third-order valence-corrected chi connectivity index (χ3v) is 6.27. The van der Waals surface area contributed by atoms with Crippen molar-refractivity contribution in [2.24, 2.45) is 0 Å². The van der Waals surface area contributed by atoms with Gasteiger partial charge in [0.1, 0.15) is 16.5 Å². The van der Waals surface area contributed by atoms with Crippen LogP contribution in [0.2, 0.25) is 0 Å². The van der Waals surface area contributed by atoms with Crippen LogP contribution in [0.25, 0.3) is 0 Å². The highest BCUT2D eigenvalue weighted by Crippen LogP contribution is 2.22. The second-order valence-corrected chi connectivity index (χ2v) is 7.98. The lowest BCUT2D eigenvalue weighted by Crippen LogP contribution is -2.50. The maximum Gasteiger partial charge on any atom is 0.270 e. The van der Waals surface area contributed by atoms with Crippen molar-refractivity contribution in [2.45, 2.75) is 4.90 Å². The predicted octanol–water partition coefficient (Wildman–Crippen LogP) is 2.02. The topological polar surface area (TPSA) is 101 Å². The van der Waals surface area contributed by atoms with Crippen LogP contribution in [0.5, 0.6) is 0 Å². The van der Waals surface area contributed by atoms with Gasteiger partial charge >= 0.3 is 0 Å². The summed E-state index contributed by atoms with van der Waals surface area (Å²) in [5.41, 5.74) is -0.103. The molecule has 11 heteroatoms. The molecule has 1 aliphatic rings. The predicted molar refractivity (Wildman–Crippen MR) is 94.1 cm³/mol. The third-order valence-electron chi connectivity index (χ3n) is 4.34. The molecule has 0 unspecified atom stereocenters. The molecule has 1 saturated heterocycles. The van der Waals surface area contributed by atoms with Crippen molar-refractivity contribution in [3.05, 3.63) is 69.8 Å². The largest absolute Gasteiger partial charge is 0.336 e. The molecule has 0 spiro atoms.